The van der Waals surface area contributed by atoms with E-state index in [1.807, 2.05) is 78.9 Å². The van der Waals surface area contributed by atoms with Crippen LogP contribution in [-0.2, 0) is 6.42 Å². The van der Waals surface area contributed by atoms with Crippen LogP contribution in [0.3, 0.4) is 0 Å². The zero-order chi connectivity index (χ0) is 55.5. The maximum absolute atomic E-state index is 5.53. The van der Waals surface area contributed by atoms with E-state index in [0.717, 1.165) is 28.5 Å². The van der Waals surface area contributed by atoms with Gasteiger partial charge >= 0.3 is 0 Å². The van der Waals surface area contributed by atoms with Crippen molar-refractivity contribution in [2.45, 2.75) is 6.42 Å². The average Bonchev–Trinajstić information content (AvgIpc) is 4.30. The van der Waals surface area contributed by atoms with Gasteiger partial charge in [0.1, 0.15) is 42.7 Å². The number of fused-ring (bicyclic) bond motifs is 6. The van der Waals surface area contributed by atoms with Gasteiger partial charge in [0.2, 0.25) is 0 Å². The van der Waals surface area contributed by atoms with E-state index in [9.17, 15) is 0 Å². The summed E-state index contributed by atoms with van der Waals surface area (Å²) in [6.07, 6.45) is 23.6. The topological polar surface area (TPSA) is 142 Å². The summed E-state index contributed by atoms with van der Waals surface area (Å²) in [5.41, 5.74) is 8.23. The van der Waals surface area contributed by atoms with E-state index >= 15 is 0 Å². The Morgan fingerprint density at radius 1 is 0.272 bits per heavy atom. The molecule has 6 heterocycles. The molecule has 0 N–H and O–H groups in total. The molecule has 1 aliphatic carbocycles. The van der Waals surface area contributed by atoms with E-state index in [2.05, 4.69) is 220 Å². The number of hydrogen-bond acceptors (Lipinski definition) is 11. The molecule has 0 amide bonds. The Bertz CT molecular complexity index is 3270. The lowest BCUT2D eigenvalue weighted by Gasteiger charge is -2.34. The van der Waals surface area contributed by atoms with Gasteiger partial charge in [-0.1, -0.05) is 224 Å². The molecule has 15 rings (SSSR count). The van der Waals surface area contributed by atoms with Crippen LogP contribution in [0.1, 0.15) is 11.1 Å². The molecule has 12 heteroatoms. The highest BCUT2D eigenvalue weighted by Gasteiger charge is 2.41. The zero-order valence-electron chi connectivity index (χ0n) is 44.4. The maximum atomic E-state index is 5.53. The molecule has 11 nitrogen and oxygen atoms in total. The van der Waals surface area contributed by atoms with Crippen molar-refractivity contribution in [1.82, 2.24) is 49.8 Å². The van der Waals surface area contributed by atoms with Crippen LogP contribution >= 0.6 is 0 Å². The highest BCUT2D eigenvalue weighted by Crippen LogP contribution is 2.35. The van der Waals surface area contributed by atoms with Gasteiger partial charge in [0.05, 0.1) is 6.20 Å². The predicted octanol–water partition coefficient (Wildman–Crippen LogP) is 12.3. The van der Waals surface area contributed by atoms with Crippen LogP contribution in [0.15, 0.2) is 347 Å². The van der Waals surface area contributed by atoms with Gasteiger partial charge in [0, 0.05) is 55.0 Å². The van der Waals surface area contributed by atoms with Crippen LogP contribution in [0.4, 0.5) is 0 Å². The molecule has 0 saturated heterocycles. The van der Waals surface area contributed by atoms with E-state index < -0.39 is 8.07 Å². The molecule has 0 fully saturated rings. The molecule has 0 atom stereocenters. The Kier molecular flexibility index (Phi) is 22.8. The molecule has 0 aliphatic heterocycles. The summed E-state index contributed by atoms with van der Waals surface area (Å²) >= 11 is 0. The molecule has 0 saturated carbocycles. The Hall–Kier alpha value is -10.8. The summed E-state index contributed by atoms with van der Waals surface area (Å²) in [7, 11) is -2.30. The van der Waals surface area contributed by atoms with Crippen molar-refractivity contribution in [2.75, 3.05) is 0 Å². The second kappa shape index (κ2) is 32.7. The van der Waals surface area contributed by atoms with Crippen molar-refractivity contribution in [2.24, 2.45) is 0 Å². The van der Waals surface area contributed by atoms with Crippen LogP contribution in [0.5, 0.6) is 0 Å². The molecule has 394 valence electrons. The van der Waals surface area contributed by atoms with Gasteiger partial charge in [-0.2, -0.15) is 0 Å². The average molecular weight is 1070 g/mol. The van der Waals surface area contributed by atoms with Crippen LogP contribution in [0.25, 0.3) is 33.2 Å². The lowest BCUT2D eigenvalue weighted by molar-refractivity contribution is 0.665. The highest BCUT2D eigenvalue weighted by atomic mass is 28.3. The Morgan fingerprint density at radius 3 is 1.00 bits per heavy atom. The summed E-state index contributed by atoms with van der Waals surface area (Å²) in [4.78, 5) is 37.3. The fraction of sp³-hybridized carbons (Fsp3) is 0.0145. The number of aromatic nitrogens is 10. The van der Waals surface area contributed by atoms with E-state index in [1.165, 1.54) is 74.6 Å². The first kappa shape index (κ1) is 56.4. The number of nitrogens with zero attached hydrogens (tertiary/aromatic N) is 10. The number of hydrogen-bond donors (Lipinski definition) is 0. The minimum absolute atomic E-state index is 0.740. The van der Waals surface area contributed by atoms with E-state index in [4.69, 9.17) is 4.42 Å². The summed E-state index contributed by atoms with van der Waals surface area (Å²) < 4.78 is 5.53. The summed E-state index contributed by atoms with van der Waals surface area (Å²) in [6.45, 7) is 0. The van der Waals surface area contributed by atoms with Crippen molar-refractivity contribution in [3.63, 3.8) is 0 Å². The largest absolute Gasteiger partial charge is 0.453 e. The van der Waals surface area contributed by atoms with E-state index in [0.29, 0.717) is 0 Å². The maximum Gasteiger partial charge on any atom is 0.179 e. The molecule has 8 aromatic carbocycles. The summed E-state index contributed by atoms with van der Waals surface area (Å²) in [5.74, 6) is 0. The first-order chi connectivity index (χ1) is 40.3. The van der Waals surface area contributed by atoms with Crippen LogP contribution in [-0.4, -0.2) is 57.9 Å². The van der Waals surface area contributed by atoms with Crippen molar-refractivity contribution in [3.05, 3.63) is 353 Å². The Labute approximate surface area is 473 Å². The number of furan rings is 1. The second-order valence-electron chi connectivity index (χ2n) is 17.3. The van der Waals surface area contributed by atoms with Crippen LogP contribution < -0.4 is 20.7 Å². The monoisotopic (exact) mass is 1070 g/mol. The molecule has 0 radical (unpaired) electrons. The molecule has 1 aliphatic rings. The Balaban J connectivity index is 0.000000131. The van der Waals surface area contributed by atoms with Crippen molar-refractivity contribution >= 4 is 50.9 Å². The number of benzene rings is 8. The minimum atomic E-state index is -2.30. The molecule has 0 unspecified atom stereocenters. The number of para-hydroxylation sites is 1. The lowest BCUT2D eigenvalue weighted by Crippen LogP contribution is -2.74. The molecule has 14 aromatic rings. The highest BCUT2D eigenvalue weighted by molar-refractivity contribution is 7.19. The van der Waals surface area contributed by atoms with Gasteiger partial charge in [0.25, 0.3) is 0 Å². The molecule has 0 bridgehead atoms. The smallest absolute Gasteiger partial charge is 0.179 e. The van der Waals surface area contributed by atoms with Gasteiger partial charge < -0.3 is 4.42 Å². The number of pyridine rings is 1. The van der Waals surface area contributed by atoms with Gasteiger partial charge in [-0.05, 0) is 79.8 Å². The van der Waals surface area contributed by atoms with Gasteiger partial charge in [0.15, 0.2) is 13.7 Å². The van der Waals surface area contributed by atoms with Crippen molar-refractivity contribution in [1.29, 1.82) is 0 Å². The summed E-state index contributed by atoms with van der Waals surface area (Å²) in [6, 6.07) is 88.6. The quantitative estimate of drug-likeness (QED) is 0.123. The predicted molar refractivity (Wildman–Crippen MR) is 329 cm³/mol. The third-order valence-electron chi connectivity index (χ3n) is 12.2. The van der Waals surface area contributed by atoms with Gasteiger partial charge in [-0.25, -0.2) is 34.9 Å². The first-order valence-electron chi connectivity index (χ1n) is 26.1. The standard InChI is InChI=1S/C24H20Si.C13H10.C10H6N2O.C6H6.C5H5N.2C4H4N2.C3H3N3/c1-5-13-21(14-6-1)25(22-15-7-2-8-16-22,23-17-9-3-10-18-23)24-19-11-4-12-20-24;1-3-7-12-10(5-1)9-11-6-2-4-8-13(11)12;1-2-4-8-7(3-1)10-9(13-8)5-11-6-12-10;2*1-2-4-6-5-3-1;1-2-6-4-3-5-1;1-2-5-4-6-3-1;1-4-2-6-3-5-1/h1-20H;1-8H,9H2;1-6H;1-6H;1-5H;2*1-4H;1-3H. The molecular weight excluding hydrogens is 1010 g/mol. The normalized spacial score (nSPS) is 10.2. The summed E-state index contributed by atoms with van der Waals surface area (Å²) in [5, 5.41) is 6.70. The lowest BCUT2D eigenvalue weighted by atomic mass is 10.1. The first-order valence-corrected chi connectivity index (χ1v) is 28.1. The SMILES string of the molecule is c1ccc([Si](c2ccccc2)(c2ccccc2)c2ccccc2)cc1.c1ccc2c(c1)Cc1ccccc1-2.c1ccc2c(c1)oc1cncnc12.c1ccccc1.c1ccncc1.c1cnccn1.c1cncnc1.c1ncncn1. The van der Waals surface area contributed by atoms with Crippen molar-refractivity contribution < 1.29 is 4.42 Å². The van der Waals surface area contributed by atoms with Crippen LogP contribution in [0, 0.1) is 0 Å². The van der Waals surface area contributed by atoms with E-state index in [-0.39, 0.29) is 0 Å². The fourth-order valence-corrected chi connectivity index (χ4v) is 13.5. The molecular formula is C69H58N10OSi. The second-order valence-corrected chi connectivity index (χ2v) is 21.1. The van der Waals surface area contributed by atoms with Gasteiger partial charge in [-0.3, -0.25) is 15.0 Å². The molecule has 81 heavy (non-hydrogen) atoms. The van der Waals surface area contributed by atoms with Gasteiger partial charge in [-0.15, -0.1) is 0 Å². The van der Waals surface area contributed by atoms with E-state index in [1.54, 1.807) is 61.8 Å². The third-order valence-corrected chi connectivity index (χ3v) is 17.0. The molecule has 0 spiro atoms. The van der Waals surface area contributed by atoms with Crippen LogP contribution in [0.2, 0.25) is 0 Å². The third kappa shape index (κ3) is 17.1. The number of rotatable bonds is 4. The fourth-order valence-electron chi connectivity index (χ4n) is 8.70. The molecule has 6 aromatic heterocycles. The zero-order valence-corrected chi connectivity index (χ0v) is 45.4. The minimum Gasteiger partial charge on any atom is -0.453 e. The van der Waals surface area contributed by atoms with Crippen molar-refractivity contribution in [3.8, 4) is 11.1 Å². The Morgan fingerprint density at radius 2 is 0.630 bits per heavy atom.